The van der Waals surface area contributed by atoms with Gasteiger partial charge in [0.1, 0.15) is 11.7 Å². The molecule has 1 N–H and O–H groups in total. The average molecular weight is 318 g/mol. The number of ketones is 1. The van der Waals surface area contributed by atoms with Gasteiger partial charge in [0.05, 0.1) is 5.60 Å². The van der Waals surface area contributed by atoms with Crippen LogP contribution in [0.4, 0.5) is 0 Å². The van der Waals surface area contributed by atoms with E-state index in [-0.39, 0.29) is 22.9 Å². The van der Waals surface area contributed by atoms with E-state index < -0.39 is 5.60 Å². The summed E-state index contributed by atoms with van der Waals surface area (Å²) < 4.78 is 5.78. The Hall–Kier alpha value is -0.930. The Labute approximate surface area is 139 Å². The highest BCUT2D eigenvalue weighted by Gasteiger charge is 2.61. The molecule has 1 fully saturated rings. The van der Waals surface area contributed by atoms with E-state index in [1.807, 2.05) is 19.9 Å². The van der Waals surface area contributed by atoms with Crippen molar-refractivity contribution in [1.82, 2.24) is 0 Å². The monoisotopic (exact) mass is 318 g/mol. The van der Waals surface area contributed by atoms with Gasteiger partial charge in [-0.05, 0) is 58.8 Å². The molecule has 0 amide bonds. The number of carbonyl (C=O) groups is 1. The SMILES string of the molecule is C/C1=C\CC[C@]2(C)O[C@@H]2C(=O)C2=CC[C@@H](C)[C@](C)(CC1)[C@@]2(C)O. The van der Waals surface area contributed by atoms with E-state index in [0.29, 0.717) is 11.5 Å². The Kier molecular flexibility index (Phi) is 3.89. The molecule has 3 rings (SSSR count). The van der Waals surface area contributed by atoms with E-state index in [4.69, 9.17) is 4.74 Å². The Morgan fingerprint density at radius 1 is 1.22 bits per heavy atom. The summed E-state index contributed by atoms with van der Waals surface area (Å²) in [5.41, 5.74) is 0.191. The van der Waals surface area contributed by atoms with Crippen molar-refractivity contribution in [3.8, 4) is 0 Å². The number of ether oxygens (including phenoxy) is 1. The van der Waals surface area contributed by atoms with Crippen LogP contribution in [0.2, 0.25) is 0 Å². The normalized spacial score (nSPS) is 49.9. The molecule has 1 aliphatic heterocycles. The lowest BCUT2D eigenvalue weighted by atomic mass is 9.56. The number of allylic oxidation sites excluding steroid dienone is 3. The lowest BCUT2D eigenvalue weighted by Gasteiger charge is -2.51. The zero-order chi connectivity index (χ0) is 17.0. The fraction of sp³-hybridized carbons (Fsp3) is 0.750. The second-order valence-electron chi connectivity index (χ2n) is 8.51. The first-order chi connectivity index (χ1) is 10.6. The third-order valence-electron chi connectivity index (χ3n) is 6.96. The van der Waals surface area contributed by atoms with E-state index in [1.165, 1.54) is 5.57 Å². The van der Waals surface area contributed by atoms with Crippen molar-refractivity contribution in [3.63, 3.8) is 0 Å². The molecule has 2 aliphatic carbocycles. The number of hydrogen-bond donors (Lipinski definition) is 1. The summed E-state index contributed by atoms with van der Waals surface area (Å²) in [6.07, 6.45) is 8.39. The van der Waals surface area contributed by atoms with Gasteiger partial charge in [-0.3, -0.25) is 4.79 Å². The van der Waals surface area contributed by atoms with Gasteiger partial charge in [-0.15, -0.1) is 0 Å². The molecule has 0 unspecified atom stereocenters. The molecule has 0 aromatic carbocycles. The Morgan fingerprint density at radius 3 is 2.61 bits per heavy atom. The number of hydrogen-bond acceptors (Lipinski definition) is 3. The largest absolute Gasteiger partial charge is 0.385 e. The minimum absolute atomic E-state index is 0.00287. The van der Waals surface area contributed by atoms with Crippen molar-refractivity contribution < 1.29 is 14.6 Å². The van der Waals surface area contributed by atoms with Crippen molar-refractivity contribution in [2.24, 2.45) is 11.3 Å². The first-order valence-electron chi connectivity index (χ1n) is 8.92. The third kappa shape index (κ3) is 2.53. The number of fused-ring (bicyclic) bond motifs is 3. The number of Topliss-reactive ketones (excluding diaryl/α,β-unsaturated/α-hetero) is 1. The van der Waals surface area contributed by atoms with Crippen LogP contribution in [0, 0.1) is 11.3 Å². The molecule has 3 heteroatoms. The number of aliphatic hydroxyl groups is 1. The van der Waals surface area contributed by atoms with Crippen molar-refractivity contribution >= 4 is 5.78 Å². The number of carbonyl (C=O) groups excluding carboxylic acids is 1. The Morgan fingerprint density at radius 2 is 1.91 bits per heavy atom. The molecular formula is C20H30O3. The van der Waals surface area contributed by atoms with Crippen LogP contribution < -0.4 is 0 Å². The van der Waals surface area contributed by atoms with E-state index in [9.17, 15) is 9.90 Å². The summed E-state index contributed by atoms with van der Waals surface area (Å²) >= 11 is 0. The molecule has 1 saturated heterocycles. The van der Waals surface area contributed by atoms with E-state index in [1.54, 1.807) is 0 Å². The summed E-state index contributed by atoms with van der Waals surface area (Å²) in [6.45, 7) is 10.4. The molecule has 0 spiro atoms. The summed E-state index contributed by atoms with van der Waals surface area (Å²) in [5.74, 6) is 0.341. The quantitative estimate of drug-likeness (QED) is 0.543. The molecule has 1 heterocycles. The molecular weight excluding hydrogens is 288 g/mol. The molecule has 0 radical (unpaired) electrons. The fourth-order valence-corrected chi connectivity index (χ4v) is 4.43. The number of rotatable bonds is 0. The van der Waals surface area contributed by atoms with E-state index in [0.717, 1.165) is 32.1 Å². The van der Waals surface area contributed by atoms with E-state index >= 15 is 0 Å². The first-order valence-corrected chi connectivity index (χ1v) is 8.92. The molecule has 23 heavy (non-hydrogen) atoms. The fourth-order valence-electron chi connectivity index (χ4n) is 4.43. The van der Waals surface area contributed by atoms with Crippen LogP contribution in [0.5, 0.6) is 0 Å². The van der Waals surface area contributed by atoms with E-state index in [2.05, 4.69) is 26.8 Å². The van der Waals surface area contributed by atoms with Crippen molar-refractivity contribution in [1.29, 1.82) is 0 Å². The van der Waals surface area contributed by atoms with Crippen LogP contribution in [0.15, 0.2) is 23.3 Å². The van der Waals surface area contributed by atoms with Gasteiger partial charge in [0, 0.05) is 11.0 Å². The van der Waals surface area contributed by atoms with Crippen molar-refractivity contribution in [2.75, 3.05) is 0 Å². The summed E-state index contributed by atoms with van der Waals surface area (Å²) in [5, 5.41) is 11.4. The summed E-state index contributed by atoms with van der Waals surface area (Å²) in [4.78, 5) is 13.0. The van der Waals surface area contributed by atoms with Gasteiger partial charge in [0.25, 0.3) is 0 Å². The van der Waals surface area contributed by atoms with Gasteiger partial charge in [-0.25, -0.2) is 0 Å². The molecule has 2 bridgehead atoms. The minimum Gasteiger partial charge on any atom is -0.385 e. The zero-order valence-corrected chi connectivity index (χ0v) is 15.1. The number of epoxide rings is 1. The molecule has 0 saturated carbocycles. The van der Waals surface area contributed by atoms with Gasteiger partial charge in [-0.1, -0.05) is 31.6 Å². The van der Waals surface area contributed by atoms with Gasteiger partial charge in [-0.2, -0.15) is 0 Å². The molecule has 128 valence electrons. The maximum atomic E-state index is 13.0. The molecule has 0 aromatic rings. The zero-order valence-electron chi connectivity index (χ0n) is 15.1. The Bertz CT molecular complexity index is 586. The summed E-state index contributed by atoms with van der Waals surface area (Å²) in [6, 6.07) is 0. The van der Waals surface area contributed by atoms with Crippen LogP contribution in [-0.4, -0.2) is 28.2 Å². The molecule has 3 aliphatic rings. The van der Waals surface area contributed by atoms with Crippen molar-refractivity contribution in [2.45, 2.75) is 84.0 Å². The van der Waals surface area contributed by atoms with Crippen LogP contribution in [0.25, 0.3) is 0 Å². The van der Waals surface area contributed by atoms with Crippen LogP contribution >= 0.6 is 0 Å². The van der Waals surface area contributed by atoms with Crippen molar-refractivity contribution in [3.05, 3.63) is 23.3 Å². The smallest absolute Gasteiger partial charge is 0.193 e. The predicted octanol–water partition coefficient (Wildman–Crippen LogP) is 3.96. The van der Waals surface area contributed by atoms with Gasteiger partial charge >= 0.3 is 0 Å². The Balaban J connectivity index is 2.04. The second kappa shape index (κ2) is 5.29. The molecule has 3 nitrogen and oxygen atoms in total. The highest BCUT2D eigenvalue weighted by Crippen LogP contribution is 2.54. The van der Waals surface area contributed by atoms with Gasteiger partial charge < -0.3 is 9.84 Å². The van der Waals surface area contributed by atoms with Crippen LogP contribution in [0.1, 0.15) is 66.7 Å². The van der Waals surface area contributed by atoms with Gasteiger partial charge in [0.15, 0.2) is 5.78 Å². The standard InChI is InChI=1S/C20H30O3/c1-13-7-6-11-19(4)17(23-19)16(21)15-9-8-14(2)18(3,12-10-13)20(15,5)22/h7,9,14,17,22H,6,8,10-12H2,1-5H3/b13-7+/t14-,17-,18+,19+,20+/m1/s1. The first kappa shape index (κ1) is 16.9. The highest BCUT2D eigenvalue weighted by molar-refractivity contribution is 6.03. The lowest BCUT2D eigenvalue weighted by molar-refractivity contribution is -0.125. The minimum atomic E-state index is -1.10. The maximum absolute atomic E-state index is 13.0. The third-order valence-corrected chi connectivity index (χ3v) is 6.96. The topological polar surface area (TPSA) is 49.8 Å². The second-order valence-corrected chi connectivity index (χ2v) is 8.51. The van der Waals surface area contributed by atoms with Gasteiger partial charge in [0.2, 0.25) is 0 Å². The molecule has 0 aromatic heterocycles. The maximum Gasteiger partial charge on any atom is 0.193 e. The molecule has 5 atom stereocenters. The summed E-state index contributed by atoms with van der Waals surface area (Å²) in [7, 11) is 0. The highest BCUT2D eigenvalue weighted by atomic mass is 16.6. The predicted molar refractivity (Wildman–Crippen MR) is 91.1 cm³/mol. The van der Waals surface area contributed by atoms with Crippen LogP contribution in [0.3, 0.4) is 0 Å². The average Bonchev–Trinajstić information content (AvgIpc) is 3.14. The van der Waals surface area contributed by atoms with Crippen LogP contribution in [-0.2, 0) is 9.53 Å². The lowest BCUT2D eigenvalue weighted by Crippen LogP contribution is -2.54.